The van der Waals surface area contributed by atoms with Crippen LogP contribution in [0.5, 0.6) is 5.75 Å². The zero-order valence-corrected chi connectivity index (χ0v) is 15.1. The number of hydrogen-bond donors (Lipinski definition) is 2. The number of amides is 2. The van der Waals surface area contributed by atoms with Gasteiger partial charge in [0.1, 0.15) is 12.4 Å². The molecule has 0 spiro atoms. The number of nitrogens with zero attached hydrogens (tertiary/aromatic N) is 1. The third-order valence-corrected chi connectivity index (χ3v) is 3.51. The third kappa shape index (κ3) is 6.57. The van der Waals surface area contributed by atoms with Gasteiger partial charge in [-0.15, -0.1) is 0 Å². The summed E-state index contributed by atoms with van der Waals surface area (Å²) in [5, 5.41) is 6.91. The van der Waals surface area contributed by atoms with Crippen LogP contribution in [0.1, 0.15) is 24.5 Å². The fourth-order valence-corrected chi connectivity index (χ4v) is 2.23. The normalized spacial score (nSPS) is 10.5. The lowest BCUT2D eigenvalue weighted by Crippen LogP contribution is -2.38. The number of ether oxygens (including phenoxy) is 1. The maximum Gasteiger partial charge on any atom is 0.329 e. The number of halogens is 1. The quantitative estimate of drug-likeness (QED) is 0.445. The van der Waals surface area contributed by atoms with E-state index in [2.05, 4.69) is 15.8 Å². The first-order chi connectivity index (χ1) is 12.6. The monoisotopic (exact) mass is 373 g/mol. The Labute approximate surface area is 157 Å². The molecule has 7 heteroatoms. The van der Waals surface area contributed by atoms with Gasteiger partial charge in [-0.1, -0.05) is 42.8 Å². The Balaban J connectivity index is 1.88. The average molecular weight is 374 g/mol. The third-order valence-electron chi connectivity index (χ3n) is 3.27. The van der Waals surface area contributed by atoms with Crippen molar-refractivity contribution in [3.63, 3.8) is 0 Å². The number of rotatable bonds is 7. The molecule has 2 rings (SSSR count). The molecule has 2 N–H and O–H groups in total. The lowest BCUT2D eigenvalue weighted by molar-refractivity contribution is -0.139. The molecule has 0 aliphatic carbocycles. The number of hydrogen-bond acceptors (Lipinski definition) is 4. The van der Waals surface area contributed by atoms with Gasteiger partial charge >= 0.3 is 11.8 Å². The molecule has 0 aliphatic rings. The van der Waals surface area contributed by atoms with Gasteiger partial charge in [0.05, 0.1) is 6.21 Å². The van der Waals surface area contributed by atoms with E-state index in [-0.39, 0.29) is 0 Å². The van der Waals surface area contributed by atoms with Crippen LogP contribution in [0.4, 0.5) is 0 Å². The standard InChI is InChI=1S/C19H20ClN3O3/c1-2-9-21-18(24)19(25)23-22-12-14-5-4-8-17(11-14)26-13-15-6-3-7-16(20)10-15/h3-8,10-12H,2,9,13H2,1H3,(H,21,24)(H,23,25)/b22-12-. The molecule has 0 heterocycles. The minimum absolute atomic E-state index is 0.384. The van der Waals surface area contributed by atoms with Gasteiger partial charge in [-0.25, -0.2) is 5.43 Å². The van der Waals surface area contributed by atoms with Gasteiger partial charge in [0.2, 0.25) is 0 Å². The van der Waals surface area contributed by atoms with E-state index in [1.807, 2.05) is 37.3 Å². The first-order valence-corrected chi connectivity index (χ1v) is 8.55. The van der Waals surface area contributed by atoms with E-state index >= 15 is 0 Å². The molecule has 26 heavy (non-hydrogen) atoms. The number of benzene rings is 2. The molecular formula is C19H20ClN3O3. The summed E-state index contributed by atoms with van der Waals surface area (Å²) in [7, 11) is 0. The fraction of sp³-hybridized carbons (Fsp3) is 0.211. The Morgan fingerprint density at radius 1 is 1.15 bits per heavy atom. The van der Waals surface area contributed by atoms with Crippen molar-refractivity contribution < 1.29 is 14.3 Å². The molecule has 0 aliphatic heterocycles. The minimum Gasteiger partial charge on any atom is -0.489 e. The van der Waals surface area contributed by atoms with Crippen LogP contribution in [0.3, 0.4) is 0 Å². The molecule has 6 nitrogen and oxygen atoms in total. The molecule has 0 saturated heterocycles. The minimum atomic E-state index is -0.803. The van der Waals surface area contributed by atoms with Gasteiger partial charge in [0.15, 0.2) is 0 Å². The molecule has 136 valence electrons. The SMILES string of the molecule is CCCNC(=O)C(=O)N/N=C\c1cccc(OCc2cccc(Cl)c2)c1. The molecular weight excluding hydrogens is 354 g/mol. The van der Waals surface area contributed by atoms with Crippen LogP contribution in [-0.4, -0.2) is 24.6 Å². The highest BCUT2D eigenvalue weighted by Crippen LogP contribution is 2.16. The second kappa shape index (κ2) is 10.2. The Hall–Kier alpha value is -2.86. The number of nitrogens with one attached hydrogen (secondary N) is 2. The summed E-state index contributed by atoms with van der Waals surface area (Å²) in [5.74, 6) is -0.855. The second-order valence-corrected chi connectivity index (χ2v) is 5.88. The van der Waals surface area contributed by atoms with E-state index in [1.54, 1.807) is 18.2 Å². The molecule has 2 amide bonds. The zero-order valence-electron chi connectivity index (χ0n) is 14.4. The predicted molar refractivity (Wildman–Crippen MR) is 101 cm³/mol. The largest absolute Gasteiger partial charge is 0.489 e. The highest BCUT2D eigenvalue weighted by Gasteiger charge is 2.10. The van der Waals surface area contributed by atoms with Crippen LogP contribution in [0.25, 0.3) is 0 Å². The topological polar surface area (TPSA) is 79.8 Å². The van der Waals surface area contributed by atoms with Crippen molar-refractivity contribution in [3.05, 3.63) is 64.7 Å². The van der Waals surface area contributed by atoms with E-state index in [4.69, 9.17) is 16.3 Å². The fourth-order valence-electron chi connectivity index (χ4n) is 2.01. The van der Waals surface area contributed by atoms with Crippen LogP contribution in [0, 0.1) is 0 Å². The lowest BCUT2D eigenvalue weighted by Gasteiger charge is -2.07. The highest BCUT2D eigenvalue weighted by molar-refractivity contribution is 6.35. The lowest BCUT2D eigenvalue weighted by atomic mass is 10.2. The smallest absolute Gasteiger partial charge is 0.329 e. The van der Waals surface area contributed by atoms with Crippen molar-refractivity contribution in [3.8, 4) is 5.75 Å². The van der Waals surface area contributed by atoms with Crippen molar-refractivity contribution in [2.24, 2.45) is 5.10 Å². The van der Waals surface area contributed by atoms with Gasteiger partial charge in [-0.3, -0.25) is 9.59 Å². The summed E-state index contributed by atoms with van der Waals surface area (Å²) in [6, 6.07) is 14.6. The Morgan fingerprint density at radius 2 is 1.96 bits per heavy atom. The molecule has 0 fully saturated rings. The first kappa shape index (κ1) is 19.5. The Bertz CT molecular complexity index is 793. The molecule has 0 aromatic heterocycles. The maximum absolute atomic E-state index is 11.5. The van der Waals surface area contributed by atoms with Crippen LogP contribution in [0.2, 0.25) is 5.02 Å². The Morgan fingerprint density at radius 3 is 2.73 bits per heavy atom. The molecule has 2 aromatic rings. The van der Waals surface area contributed by atoms with Crippen molar-refractivity contribution in [1.82, 2.24) is 10.7 Å². The summed E-state index contributed by atoms with van der Waals surface area (Å²) < 4.78 is 5.73. The van der Waals surface area contributed by atoms with Crippen LogP contribution < -0.4 is 15.5 Å². The van der Waals surface area contributed by atoms with Crippen molar-refractivity contribution >= 4 is 29.6 Å². The highest BCUT2D eigenvalue weighted by atomic mass is 35.5. The summed E-state index contributed by atoms with van der Waals surface area (Å²) in [6.45, 7) is 2.73. The second-order valence-electron chi connectivity index (χ2n) is 5.45. The first-order valence-electron chi connectivity index (χ1n) is 8.17. The number of hydrazone groups is 1. The van der Waals surface area contributed by atoms with Crippen LogP contribution in [-0.2, 0) is 16.2 Å². The average Bonchev–Trinajstić information content (AvgIpc) is 2.65. The Kier molecular flexibility index (Phi) is 7.64. The molecule has 0 radical (unpaired) electrons. The summed E-state index contributed by atoms with van der Waals surface area (Å²) in [5.41, 5.74) is 3.87. The maximum atomic E-state index is 11.5. The summed E-state index contributed by atoms with van der Waals surface area (Å²) in [6.07, 6.45) is 2.20. The molecule has 2 aromatic carbocycles. The van der Waals surface area contributed by atoms with Crippen LogP contribution in [0.15, 0.2) is 53.6 Å². The van der Waals surface area contributed by atoms with Crippen LogP contribution >= 0.6 is 11.6 Å². The van der Waals surface area contributed by atoms with Crippen molar-refractivity contribution in [2.45, 2.75) is 20.0 Å². The van der Waals surface area contributed by atoms with Gasteiger partial charge < -0.3 is 10.1 Å². The molecule has 0 bridgehead atoms. The predicted octanol–water partition coefficient (Wildman–Crippen LogP) is 2.90. The van der Waals surface area contributed by atoms with Gasteiger partial charge in [0.25, 0.3) is 0 Å². The molecule has 0 unspecified atom stereocenters. The van der Waals surface area contributed by atoms with E-state index in [1.165, 1.54) is 6.21 Å². The molecule has 0 atom stereocenters. The number of carbonyl (C=O) groups excluding carboxylic acids is 2. The van der Waals surface area contributed by atoms with Gasteiger partial charge in [-0.05, 0) is 41.8 Å². The van der Waals surface area contributed by atoms with E-state index in [0.29, 0.717) is 23.9 Å². The zero-order chi connectivity index (χ0) is 18.8. The molecule has 0 saturated carbocycles. The van der Waals surface area contributed by atoms with Gasteiger partial charge in [0, 0.05) is 11.6 Å². The van der Waals surface area contributed by atoms with E-state index in [0.717, 1.165) is 17.5 Å². The number of carbonyl (C=O) groups is 2. The van der Waals surface area contributed by atoms with Gasteiger partial charge in [-0.2, -0.15) is 5.10 Å². The van der Waals surface area contributed by atoms with Crippen molar-refractivity contribution in [1.29, 1.82) is 0 Å². The van der Waals surface area contributed by atoms with E-state index < -0.39 is 11.8 Å². The summed E-state index contributed by atoms with van der Waals surface area (Å²) in [4.78, 5) is 22.9. The van der Waals surface area contributed by atoms with Crippen molar-refractivity contribution in [2.75, 3.05) is 6.54 Å². The van der Waals surface area contributed by atoms with E-state index in [9.17, 15) is 9.59 Å². The summed E-state index contributed by atoms with van der Waals surface area (Å²) >= 11 is 5.95.